The van der Waals surface area contributed by atoms with E-state index >= 15 is 0 Å². The van der Waals surface area contributed by atoms with Crippen molar-refractivity contribution in [2.24, 2.45) is 0 Å². The summed E-state index contributed by atoms with van der Waals surface area (Å²) in [5.41, 5.74) is 15.1. The van der Waals surface area contributed by atoms with E-state index in [2.05, 4.69) is 155 Å². The lowest BCUT2D eigenvalue weighted by molar-refractivity contribution is 0.414. The van der Waals surface area contributed by atoms with E-state index in [-0.39, 0.29) is 0 Å². The second-order valence-corrected chi connectivity index (χ2v) is 15.2. The van der Waals surface area contributed by atoms with Gasteiger partial charge in [0.1, 0.15) is 23.0 Å². The standard InChI is InChI=1S/C55H44N2O4/c1-58-45-27-19-39(20-28-45)56(40-21-29-46(59-2)30-22-40)43-17-15-37-13-14-38-16-18-44(57(41-23-31-47(60-3)32-24-41)42-25-33-48(61-4)34-26-42)36-54(38)55(53(37)35-43)51-11-7-5-9-49(51)50-10-6-8-12-52(50)55/h5-36H,1-4H3. The van der Waals surface area contributed by atoms with Crippen LogP contribution in [0.2, 0.25) is 0 Å². The predicted molar refractivity (Wildman–Crippen MR) is 248 cm³/mol. The molecule has 0 fully saturated rings. The summed E-state index contributed by atoms with van der Waals surface area (Å²) in [6.45, 7) is 0. The maximum atomic E-state index is 5.59. The number of anilines is 6. The molecule has 0 heterocycles. The lowest BCUT2D eigenvalue weighted by Crippen LogP contribution is -2.30. The molecule has 6 nitrogen and oxygen atoms in total. The third-order valence-corrected chi connectivity index (χ3v) is 12.1. The number of methoxy groups -OCH3 is 4. The van der Waals surface area contributed by atoms with Crippen molar-refractivity contribution in [2.45, 2.75) is 5.41 Å². The SMILES string of the molecule is COc1ccc(N(c2ccc(OC)cc2)c2ccc3c(c2)C2(c4cc(N(c5ccc(OC)cc5)c5ccc(OC)cc5)ccc4C=C3)c3ccccc3-c3ccccc32)cc1. The van der Waals surface area contributed by atoms with Gasteiger partial charge in [0.2, 0.25) is 0 Å². The maximum absolute atomic E-state index is 5.59. The molecule has 0 amide bonds. The summed E-state index contributed by atoms with van der Waals surface area (Å²) in [6.07, 6.45) is 4.57. The molecule has 0 saturated heterocycles. The van der Waals surface area contributed by atoms with Gasteiger partial charge in [-0.25, -0.2) is 0 Å². The Morgan fingerprint density at radius 3 is 0.918 bits per heavy atom. The highest BCUT2D eigenvalue weighted by Crippen LogP contribution is 2.60. The first-order chi connectivity index (χ1) is 30.0. The molecule has 8 aromatic rings. The number of rotatable bonds is 10. The van der Waals surface area contributed by atoms with Crippen LogP contribution in [0.4, 0.5) is 34.1 Å². The minimum atomic E-state index is -0.690. The van der Waals surface area contributed by atoms with Gasteiger partial charge in [0.15, 0.2) is 0 Å². The Labute approximate surface area is 357 Å². The largest absolute Gasteiger partial charge is 0.497 e. The van der Waals surface area contributed by atoms with Crippen molar-refractivity contribution in [1.82, 2.24) is 0 Å². The molecule has 2 aliphatic carbocycles. The van der Waals surface area contributed by atoms with E-state index in [9.17, 15) is 0 Å². The Morgan fingerprint density at radius 1 is 0.311 bits per heavy atom. The molecule has 0 aromatic heterocycles. The molecule has 0 aliphatic heterocycles. The van der Waals surface area contributed by atoms with Crippen molar-refractivity contribution in [3.63, 3.8) is 0 Å². The van der Waals surface area contributed by atoms with Crippen molar-refractivity contribution in [2.75, 3.05) is 38.2 Å². The minimum Gasteiger partial charge on any atom is -0.497 e. The number of nitrogens with zero attached hydrogens (tertiary/aromatic N) is 2. The third-order valence-electron chi connectivity index (χ3n) is 12.1. The average Bonchev–Trinajstić information content (AvgIpc) is 3.54. The van der Waals surface area contributed by atoms with Crippen LogP contribution in [-0.4, -0.2) is 28.4 Å². The lowest BCUT2D eigenvalue weighted by Gasteiger charge is -2.37. The van der Waals surface area contributed by atoms with E-state index in [1.165, 1.54) is 33.4 Å². The Morgan fingerprint density at radius 2 is 0.607 bits per heavy atom. The molecule has 1 spiro atoms. The van der Waals surface area contributed by atoms with Crippen LogP contribution in [0.1, 0.15) is 33.4 Å². The second-order valence-electron chi connectivity index (χ2n) is 15.2. The van der Waals surface area contributed by atoms with Crippen LogP contribution in [0.25, 0.3) is 23.3 Å². The monoisotopic (exact) mass is 796 g/mol. The van der Waals surface area contributed by atoms with Crippen molar-refractivity contribution >= 4 is 46.3 Å². The summed E-state index contributed by atoms with van der Waals surface area (Å²) in [4.78, 5) is 4.61. The zero-order chi connectivity index (χ0) is 41.5. The molecule has 6 heteroatoms. The van der Waals surface area contributed by atoms with Gasteiger partial charge in [-0.3, -0.25) is 0 Å². The van der Waals surface area contributed by atoms with Gasteiger partial charge in [0, 0.05) is 34.1 Å². The normalized spacial score (nSPS) is 12.7. The fourth-order valence-corrected chi connectivity index (χ4v) is 9.27. The first kappa shape index (κ1) is 37.6. The van der Waals surface area contributed by atoms with Gasteiger partial charge < -0.3 is 28.7 Å². The molecular weight excluding hydrogens is 753 g/mol. The zero-order valence-electron chi connectivity index (χ0n) is 34.5. The van der Waals surface area contributed by atoms with Gasteiger partial charge in [-0.05, 0) is 166 Å². The van der Waals surface area contributed by atoms with Gasteiger partial charge >= 0.3 is 0 Å². The summed E-state index contributed by atoms with van der Waals surface area (Å²) in [7, 11) is 6.79. The molecule has 61 heavy (non-hydrogen) atoms. The fraction of sp³-hybridized carbons (Fsp3) is 0.0909. The van der Waals surface area contributed by atoms with Crippen LogP contribution in [-0.2, 0) is 5.41 Å². The highest BCUT2D eigenvalue weighted by Gasteiger charge is 2.49. The molecule has 0 unspecified atom stereocenters. The van der Waals surface area contributed by atoms with Gasteiger partial charge in [-0.1, -0.05) is 72.8 Å². The van der Waals surface area contributed by atoms with E-state index in [4.69, 9.17) is 18.9 Å². The van der Waals surface area contributed by atoms with Crippen LogP contribution in [0.3, 0.4) is 0 Å². The molecule has 0 atom stereocenters. The first-order valence-corrected chi connectivity index (χ1v) is 20.4. The fourth-order valence-electron chi connectivity index (χ4n) is 9.27. The summed E-state index contributed by atoms with van der Waals surface area (Å²) in [5, 5.41) is 0. The summed E-state index contributed by atoms with van der Waals surface area (Å²) in [5.74, 6) is 3.20. The Kier molecular flexibility index (Phi) is 9.53. The molecule has 2 aliphatic rings. The number of ether oxygens (including phenoxy) is 4. The molecule has 298 valence electrons. The predicted octanol–water partition coefficient (Wildman–Crippen LogP) is 13.5. The molecular formula is C55H44N2O4. The van der Waals surface area contributed by atoms with Crippen LogP contribution in [0.15, 0.2) is 182 Å². The van der Waals surface area contributed by atoms with Gasteiger partial charge in [-0.2, -0.15) is 0 Å². The highest BCUT2D eigenvalue weighted by atomic mass is 16.5. The van der Waals surface area contributed by atoms with E-state index < -0.39 is 5.41 Å². The van der Waals surface area contributed by atoms with E-state index in [0.717, 1.165) is 68.2 Å². The summed E-state index contributed by atoms with van der Waals surface area (Å²) in [6, 6.07) is 64.7. The van der Waals surface area contributed by atoms with Crippen LogP contribution in [0, 0.1) is 0 Å². The van der Waals surface area contributed by atoms with Crippen molar-refractivity contribution < 1.29 is 18.9 Å². The number of fused-ring (bicyclic) bond motifs is 9. The number of hydrogen-bond donors (Lipinski definition) is 0. The molecule has 0 bridgehead atoms. The van der Waals surface area contributed by atoms with Crippen LogP contribution in [0.5, 0.6) is 23.0 Å². The molecule has 10 rings (SSSR count). The Bertz CT molecular complexity index is 2610. The first-order valence-electron chi connectivity index (χ1n) is 20.4. The van der Waals surface area contributed by atoms with Crippen molar-refractivity contribution in [1.29, 1.82) is 0 Å². The average molecular weight is 797 g/mol. The van der Waals surface area contributed by atoms with Crippen LogP contribution < -0.4 is 28.7 Å². The van der Waals surface area contributed by atoms with Crippen molar-refractivity contribution in [3.8, 4) is 34.1 Å². The van der Waals surface area contributed by atoms with Gasteiger partial charge in [0.05, 0.1) is 33.9 Å². The molecule has 0 saturated carbocycles. The molecule has 8 aromatic carbocycles. The molecule has 0 N–H and O–H groups in total. The van der Waals surface area contributed by atoms with E-state index in [0.29, 0.717) is 0 Å². The summed E-state index contributed by atoms with van der Waals surface area (Å²) >= 11 is 0. The quantitative estimate of drug-likeness (QED) is 0.137. The van der Waals surface area contributed by atoms with Crippen molar-refractivity contribution in [3.05, 3.63) is 215 Å². The van der Waals surface area contributed by atoms with E-state index in [1.54, 1.807) is 28.4 Å². The van der Waals surface area contributed by atoms with Gasteiger partial charge in [0.25, 0.3) is 0 Å². The number of benzene rings is 8. The lowest BCUT2D eigenvalue weighted by atomic mass is 9.66. The Hall–Kier alpha value is -7.70. The summed E-state index contributed by atoms with van der Waals surface area (Å²) < 4.78 is 22.4. The third kappa shape index (κ3) is 6.27. The van der Waals surface area contributed by atoms with Gasteiger partial charge in [-0.15, -0.1) is 0 Å². The number of hydrogen-bond acceptors (Lipinski definition) is 6. The zero-order valence-corrected chi connectivity index (χ0v) is 34.5. The van der Waals surface area contributed by atoms with E-state index in [1.807, 2.05) is 48.5 Å². The Balaban J connectivity index is 1.25. The smallest absolute Gasteiger partial charge is 0.119 e. The van der Waals surface area contributed by atoms with Crippen LogP contribution >= 0.6 is 0 Å². The minimum absolute atomic E-state index is 0.690. The molecule has 0 radical (unpaired) electrons. The second kappa shape index (κ2) is 15.5. The highest BCUT2D eigenvalue weighted by molar-refractivity contribution is 5.93. The maximum Gasteiger partial charge on any atom is 0.119 e. The topological polar surface area (TPSA) is 43.4 Å².